The van der Waals surface area contributed by atoms with Crippen LogP contribution in [0.15, 0.2) is 17.2 Å². The molecular formula is C16H20N4O2S. The van der Waals surface area contributed by atoms with E-state index in [0.717, 1.165) is 37.4 Å². The monoisotopic (exact) mass is 332 g/mol. The third-order valence-electron chi connectivity index (χ3n) is 4.35. The molecule has 2 heterocycles. The van der Waals surface area contributed by atoms with Crippen LogP contribution in [0.3, 0.4) is 0 Å². The highest BCUT2D eigenvalue weighted by Gasteiger charge is 2.26. The van der Waals surface area contributed by atoms with E-state index in [1.54, 1.807) is 18.3 Å². The zero-order valence-corrected chi connectivity index (χ0v) is 13.9. The van der Waals surface area contributed by atoms with Gasteiger partial charge in [-0.15, -0.1) is 0 Å². The van der Waals surface area contributed by atoms with Gasteiger partial charge in [-0.1, -0.05) is 0 Å². The molecule has 1 saturated carbocycles. The Kier molecular flexibility index (Phi) is 4.77. The zero-order chi connectivity index (χ0) is 16.4. The van der Waals surface area contributed by atoms with Gasteiger partial charge in [0.25, 0.3) is 0 Å². The lowest BCUT2D eigenvalue weighted by Crippen LogP contribution is -2.39. The van der Waals surface area contributed by atoms with Gasteiger partial charge in [-0.25, -0.2) is 9.97 Å². The van der Waals surface area contributed by atoms with E-state index in [1.807, 2.05) is 7.05 Å². The van der Waals surface area contributed by atoms with Gasteiger partial charge < -0.3 is 10.6 Å². The number of hydrogen-bond acceptors (Lipinski definition) is 7. The van der Waals surface area contributed by atoms with Crippen molar-refractivity contribution in [3.05, 3.63) is 22.9 Å². The average molecular weight is 332 g/mol. The van der Waals surface area contributed by atoms with Gasteiger partial charge >= 0.3 is 0 Å². The summed E-state index contributed by atoms with van der Waals surface area (Å²) in [6.45, 7) is 0. The minimum atomic E-state index is -0.130. The van der Waals surface area contributed by atoms with Crippen LogP contribution in [0.5, 0.6) is 0 Å². The molecule has 2 N–H and O–H groups in total. The second-order valence-corrected chi connectivity index (χ2v) is 7.14. The molecule has 1 aliphatic heterocycles. The van der Waals surface area contributed by atoms with E-state index in [2.05, 4.69) is 14.9 Å². The molecule has 3 rings (SSSR count). The van der Waals surface area contributed by atoms with Gasteiger partial charge in [0.2, 0.25) is 11.1 Å². The normalized spacial score (nSPS) is 26.8. The number of nitrogens with zero attached hydrogens (tertiary/aromatic N) is 3. The highest BCUT2D eigenvalue weighted by molar-refractivity contribution is 8.18. The molecule has 1 aliphatic carbocycles. The summed E-state index contributed by atoms with van der Waals surface area (Å²) in [5.74, 6) is 0.511. The van der Waals surface area contributed by atoms with E-state index in [0.29, 0.717) is 28.6 Å². The van der Waals surface area contributed by atoms with E-state index in [1.165, 1.54) is 0 Å². The minimum Gasteiger partial charge on any atom is -0.341 e. The summed E-state index contributed by atoms with van der Waals surface area (Å²) in [4.78, 5) is 34.4. The topological polar surface area (TPSA) is 89.2 Å². The van der Waals surface area contributed by atoms with Crippen LogP contribution in [0, 0.1) is 0 Å². The predicted molar refractivity (Wildman–Crippen MR) is 90.9 cm³/mol. The fourth-order valence-corrected chi connectivity index (χ4v) is 3.76. The molecule has 7 heteroatoms. The summed E-state index contributed by atoms with van der Waals surface area (Å²) in [7, 11) is 1.99. The number of aromatic nitrogens is 2. The summed E-state index contributed by atoms with van der Waals surface area (Å²) in [5, 5.41) is -0.105. The molecule has 0 unspecified atom stereocenters. The van der Waals surface area contributed by atoms with Crippen LogP contribution in [0.2, 0.25) is 0 Å². The van der Waals surface area contributed by atoms with Crippen molar-refractivity contribution in [3.8, 4) is 0 Å². The number of ketones is 1. The SMILES string of the molecule is CN(c1nccc(/C=C2\SC(=O)CC2=O)n1)C1CCC(N)CC1. The second kappa shape index (κ2) is 6.80. The molecule has 1 aromatic heterocycles. The van der Waals surface area contributed by atoms with E-state index < -0.39 is 0 Å². The molecular weight excluding hydrogens is 312 g/mol. The van der Waals surface area contributed by atoms with Gasteiger partial charge in [0.05, 0.1) is 17.0 Å². The van der Waals surface area contributed by atoms with Gasteiger partial charge in [-0.2, -0.15) is 0 Å². The molecule has 6 nitrogen and oxygen atoms in total. The fraction of sp³-hybridized carbons (Fsp3) is 0.500. The Balaban J connectivity index is 1.76. The van der Waals surface area contributed by atoms with Crippen molar-refractivity contribution < 1.29 is 9.59 Å². The highest BCUT2D eigenvalue weighted by atomic mass is 32.2. The first kappa shape index (κ1) is 16.1. The lowest BCUT2D eigenvalue weighted by molar-refractivity contribution is -0.119. The molecule has 1 saturated heterocycles. The fourth-order valence-electron chi connectivity index (χ4n) is 2.94. The van der Waals surface area contributed by atoms with Crippen molar-refractivity contribution in [1.29, 1.82) is 0 Å². The number of nitrogens with two attached hydrogens (primary N) is 1. The first-order valence-corrected chi connectivity index (χ1v) is 8.61. The molecule has 2 aliphatic rings. The van der Waals surface area contributed by atoms with Crippen molar-refractivity contribution in [3.63, 3.8) is 0 Å². The molecule has 2 fully saturated rings. The van der Waals surface area contributed by atoms with Crippen LogP contribution in [-0.2, 0) is 9.59 Å². The van der Waals surface area contributed by atoms with Gasteiger partial charge in [-0.3, -0.25) is 9.59 Å². The summed E-state index contributed by atoms with van der Waals surface area (Å²) < 4.78 is 0. The minimum absolute atomic E-state index is 0.0172. The van der Waals surface area contributed by atoms with Crippen LogP contribution in [-0.4, -0.2) is 40.0 Å². The van der Waals surface area contributed by atoms with Crippen LogP contribution in [0.1, 0.15) is 37.8 Å². The van der Waals surface area contributed by atoms with Crippen LogP contribution >= 0.6 is 11.8 Å². The van der Waals surface area contributed by atoms with Crippen molar-refractivity contribution in [1.82, 2.24) is 9.97 Å². The number of anilines is 1. The molecule has 0 bridgehead atoms. The van der Waals surface area contributed by atoms with E-state index >= 15 is 0 Å². The number of thioether (sulfide) groups is 1. The van der Waals surface area contributed by atoms with Crippen molar-refractivity contribution in [2.75, 3.05) is 11.9 Å². The molecule has 0 amide bonds. The summed E-state index contributed by atoms with van der Waals surface area (Å²) in [5.41, 5.74) is 6.61. The largest absolute Gasteiger partial charge is 0.341 e. The van der Waals surface area contributed by atoms with Crippen molar-refractivity contribution >= 4 is 34.7 Å². The Hall–Kier alpha value is -1.73. The van der Waals surface area contributed by atoms with E-state index in [-0.39, 0.29) is 17.3 Å². The summed E-state index contributed by atoms with van der Waals surface area (Å²) >= 11 is 0.996. The Morgan fingerprint density at radius 3 is 2.70 bits per heavy atom. The maximum absolute atomic E-state index is 11.7. The van der Waals surface area contributed by atoms with Gasteiger partial charge in [0.15, 0.2) is 5.78 Å². The number of allylic oxidation sites excluding steroid dienone is 1. The zero-order valence-electron chi connectivity index (χ0n) is 13.1. The molecule has 0 aromatic carbocycles. The number of rotatable bonds is 3. The Morgan fingerprint density at radius 2 is 2.04 bits per heavy atom. The molecule has 23 heavy (non-hydrogen) atoms. The lowest BCUT2D eigenvalue weighted by atomic mass is 9.91. The quantitative estimate of drug-likeness (QED) is 0.666. The lowest BCUT2D eigenvalue weighted by Gasteiger charge is -2.33. The molecule has 122 valence electrons. The average Bonchev–Trinajstić information content (AvgIpc) is 2.85. The third kappa shape index (κ3) is 3.79. The number of carbonyl (C=O) groups is 2. The van der Waals surface area contributed by atoms with Crippen molar-refractivity contribution in [2.24, 2.45) is 5.73 Å². The van der Waals surface area contributed by atoms with Crippen LogP contribution < -0.4 is 10.6 Å². The highest BCUT2D eigenvalue weighted by Crippen LogP contribution is 2.30. The Bertz CT molecular complexity index is 653. The third-order valence-corrected chi connectivity index (χ3v) is 5.29. The maximum Gasteiger partial charge on any atom is 0.225 e. The standard InChI is InChI=1S/C16H20N4O2S/c1-20(12-4-2-10(17)3-5-12)16-18-7-6-11(19-16)8-14-13(21)9-15(22)23-14/h6-8,10,12H,2-5,9,17H2,1H3/b14-8-. The van der Waals surface area contributed by atoms with E-state index in [4.69, 9.17) is 5.73 Å². The molecule has 0 spiro atoms. The maximum atomic E-state index is 11.7. The first-order valence-electron chi connectivity index (χ1n) is 7.80. The number of Topliss-reactive ketones (excluding diaryl/α,β-unsaturated/α-hetero) is 1. The summed E-state index contributed by atoms with van der Waals surface area (Å²) in [6.07, 6.45) is 7.46. The molecule has 1 aromatic rings. The Labute approximate surface area is 139 Å². The van der Waals surface area contributed by atoms with Gasteiger partial charge in [-0.05, 0) is 49.6 Å². The second-order valence-electron chi connectivity index (χ2n) is 6.04. The van der Waals surface area contributed by atoms with Gasteiger partial charge in [0.1, 0.15) is 0 Å². The first-order chi connectivity index (χ1) is 11.0. The number of hydrogen-bond donors (Lipinski definition) is 1. The smallest absolute Gasteiger partial charge is 0.225 e. The summed E-state index contributed by atoms with van der Waals surface area (Å²) in [6, 6.07) is 2.44. The molecule has 0 atom stereocenters. The molecule has 0 radical (unpaired) electrons. The predicted octanol–water partition coefficient (Wildman–Crippen LogP) is 1.76. The van der Waals surface area contributed by atoms with E-state index in [9.17, 15) is 9.59 Å². The van der Waals surface area contributed by atoms with Crippen molar-refractivity contribution in [2.45, 2.75) is 44.2 Å². The van der Waals surface area contributed by atoms with Crippen LogP contribution in [0.4, 0.5) is 5.95 Å². The van der Waals surface area contributed by atoms with Gasteiger partial charge in [0, 0.05) is 25.3 Å². The number of carbonyl (C=O) groups excluding carboxylic acids is 2. The Morgan fingerprint density at radius 1 is 1.30 bits per heavy atom. The van der Waals surface area contributed by atoms with Crippen LogP contribution in [0.25, 0.3) is 6.08 Å².